The highest BCUT2D eigenvalue weighted by atomic mass is 16.4. The maximum absolute atomic E-state index is 11.7. The summed E-state index contributed by atoms with van der Waals surface area (Å²) in [6.07, 6.45) is -0.486. The maximum Gasteiger partial charge on any atom is 0.315 e. The Labute approximate surface area is 118 Å². The number of carboxylic acids is 1. The molecule has 0 aromatic rings. The van der Waals surface area contributed by atoms with Gasteiger partial charge in [-0.3, -0.25) is 9.59 Å². The molecule has 0 bridgehead atoms. The van der Waals surface area contributed by atoms with Gasteiger partial charge in [-0.25, -0.2) is 4.79 Å². The third kappa shape index (κ3) is 6.93. The molecule has 0 aliphatic rings. The average molecular weight is 289 g/mol. The van der Waals surface area contributed by atoms with Gasteiger partial charge in [0.15, 0.2) is 0 Å². The van der Waals surface area contributed by atoms with E-state index in [1.54, 1.807) is 14.0 Å². The van der Waals surface area contributed by atoms with Crippen LogP contribution >= 0.6 is 0 Å². The van der Waals surface area contributed by atoms with Gasteiger partial charge in [-0.1, -0.05) is 0 Å². The molecule has 0 aromatic carbocycles. The number of aliphatic hydroxyl groups is 1. The molecule has 0 spiro atoms. The molecule has 2 atom stereocenters. The number of nitrogens with one attached hydrogen (secondary N) is 2. The number of aliphatic carboxylic acids is 1. The fraction of sp³-hybridized carbons (Fsp3) is 0.750. The smallest absolute Gasteiger partial charge is 0.315 e. The van der Waals surface area contributed by atoms with Gasteiger partial charge in [0.25, 0.3) is 0 Å². The summed E-state index contributed by atoms with van der Waals surface area (Å²) >= 11 is 0. The summed E-state index contributed by atoms with van der Waals surface area (Å²) in [6, 6.07) is -1.34. The first-order valence-corrected chi connectivity index (χ1v) is 6.32. The Bertz CT molecular complexity index is 370. The van der Waals surface area contributed by atoms with Crippen molar-refractivity contribution in [2.24, 2.45) is 0 Å². The lowest BCUT2D eigenvalue weighted by Crippen LogP contribution is -2.51. The number of hydrogen-bond acceptors (Lipinski definition) is 4. The summed E-state index contributed by atoms with van der Waals surface area (Å²) < 4.78 is 0. The van der Waals surface area contributed by atoms with Crippen LogP contribution in [0.15, 0.2) is 0 Å². The van der Waals surface area contributed by atoms with E-state index in [2.05, 4.69) is 10.6 Å². The highest BCUT2D eigenvalue weighted by Crippen LogP contribution is 2.07. The number of hydrogen-bond donors (Lipinski definition) is 4. The number of likely N-dealkylation sites (N-methyl/N-ethyl adjacent to an activating group) is 1. The monoisotopic (exact) mass is 289 g/mol. The Morgan fingerprint density at radius 3 is 2.35 bits per heavy atom. The molecule has 2 unspecified atom stereocenters. The van der Waals surface area contributed by atoms with Crippen LogP contribution in [0.25, 0.3) is 0 Å². The molecule has 20 heavy (non-hydrogen) atoms. The molecule has 8 heteroatoms. The van der Waals surface area contributed by atoms with Crippen molar-refractivity contribution in [3.8, 4) is 0 Å². The van der Waals surface area contributed by atoms with Crippen LogP contribution in [-0.2, 0) is 9.59 Å². The zero-order valence-electron chi connectivity index (χ0n) is 12.3. The molecular weight excluding hydrogens is 266 g/mol. The summed E-state index contributed by atoms with van der Waals surface area (Å²) in [5.41, 5.74) is -1.55. The predicted octanol–water partition coefficient (Wildman–Crippen LogP) is -0.622. The van der Waals surface area contributed by atoms with Crippen molar-refractivity contribution in [3.63, 3.8) is 0 Å². The van der Waals surface area contributed by atoms with Crippen LogP contribution in [0.3, 0.4) is 0 Å². The lowest BCUT2D eigenvalue weighted by molar-refractivity contribution is -0.141. The second kappa shape index (κ2) is 7.68. The average Bonchev–Trinajstić information content (AvgIpc) is 2.33. The van der Waals surface area contributed by atoms with E-state index >= 15 is 0 Å². The molecule has 0 saturated heterocycles. The number of carbonyl (C=O) groups is 3. The van der Waals surface area contributed by atoms with E-state index in [4.69, 9.17) is 5.11 Å². The van der Waals surface area contributed by atoms with Crippen LogP contribution in [0.4, 0.5) is 4.79 Å². The van der Waals surface area contributed by atoms with Gasteiger partial charge in [0.05, 0.1) is 12.0 Å². The lowest BCUT2D eigenvalue weighted by atomic mass is 10.0. The van der Waals surface area contributed by atoms with E-state index in [9.17, 15) is 19.5 Å². The van der Waals surface area contributed by atoms with Gasteiger partial charge in [0, 0.05) is 20.1 Å². The minimum atomic E-state index is -1.55. The first-order chi connectivity index (χ1) is 9.09. The summed E-state index contributed by atoms with van der Waals surface area (Å²) in [5, 5.41) is 23.0. The second-order valence-electron chi connectivity index (χ2n) is 4.97. The molecule has 116 valence electrons. The van der Waals surface area contributed by atoms with E-state index in [-0.39, 0.29) is 12.5 Å². The maximum atomic E-state index is 11.7. The number of urea groups is 1. The number of carbonyl (C=O) groups excluding carboxylic acids is 2. The Kier molecular flexibility index (Phi) is 6.98. The Balaban J connectivity index is 4.24. The van der Waals surface area contributed by atoms with Gasteiger partial charge < -0.3 is 25.7 Å². The van der Waals surface area contributed by atoms with E-state index in [0.29, 0.717) is 6.54 Å². The molecule has 0 aromatic heterocycles. The molecule has 8 nitrogen and oxygen atoms in total. The first-order valence-electron chi connectivity index (χ1n) is 6.32. The van der Waals surface area contributed by atoms with Crippen LogP contribution in [0.2, 0.25) is 0 Å². The first kappa shape index (κ1) is 18.2. The number of carboxylic acid groups (broad SMARTS) is 1. The summed E-state index contributed by atoms with van der Waals surface area (Å²) in [6.45, 7) is 4.97. The minimum Gasteiger partial charge on any atom is -0.481 e. The predicted molar refractivity (Wildman–Crippen MR) is 72.2 cm³/mol. The van der Waals surface area contributed by atoms with Crippen molar-refractivity contribution in [1.82, 2.24) is 15.5 Å². The molecule has 0 fully saturated rings. The molecule has 0 rings (SSSR count). The Hall–Kier alpha value is -1.83. The summed E-state index contributed by atoms with van der Waals surface area (Å²) in [4.78, 5) is 35.2. The Morgan fingerprint density at radius 2 is 1.90 bits per heavy atom. The van der Waals surface area contributed by atoms with Gasteiger partial charge in [-0.2, -0.15) is 0 Å². The van der Waals surface area contributed by atoms with E-state index in [1.165, 1.54) is 11.8 Å². The van der Waals surface area contributed by atoms with E-state index < -0.39 is 30.1 Å². The van der Waals surface area contributed by atoms with Gasteiger partial charge in [0.2, 0.25) is 5.91 Å². The van der Waals surface area contributed by atoms with Crippen LogP contribution in [0, 0.1) is 0 Å². The Morgan fingerprint density at radius 1 is 1.35 bits per heavy atom. The molecule has 3 amide bonds. The van der Waals surface area contributed by atoms with Gasteiger partial charge >= 0.3 is 12.0 Å². The third-order valence-corrected chi connectivity index (χ3v) is 2.73. The zero-order valence-corrected chi connectivity index (χ0v) is 12.3. The lowest BCUT2D eigenvalue weighted by Gasteiger charge is -2.23. The van der Waals surface area contributed by atoms with Gasteiger partial charge in [-0.05, 0) is 20.8 Å². The highest BCUT2D eigenvalue weighted by molar-refractivity contribution is 5.86. The fourth-order valence-electron chi connectivity index (χ4n) is 1.45. The summed E-state index contributed by atoms with van der Waals surface area (Å²) in [5.74, 6) is -1.40. The van der Waals surface area contributed by atoms with Crippen molar-refractivity contribution in [1.29, 1.82) is 0 Å². The summed E-state index contributed by atoms with van der Waals surface area (Å²) in [7, 11) is 1.62. The van der Waals surface area contributed by atoms with Crippen molar-refractivity contribution < 1.29 is 24.6 Å². The second-order valence-corrected chi connectivity index (χ2v) is 4.97. The number of nitrogens with zero attached hydrogens (tertiary/aromatic N) is 1. The van der Waals surface area contributed by atoms with Crippen molar-refractivity contribution in [2.45, 2.75) is 38.8 Å². The molecule has 0 heterocycles. The van der Waals surface area contributed by atoms with Crippen LogP contribution in [0.5, 0.6) is 0 Å². The molecule has 0 radical (unpaired) electrons. The van der Waals surface area contributed by atoms with Crippen molar-refractivity contribution in [2.75, 3.05) is 20.1 Å². The number of amides is 3. The van der Waals surface area contributed by atoms with Gasteiger partial charge in [-0.15, -0.1) is 0 Å². The molecule has 0 saturated carbocycles. The highest BCUT2D eigenvalue weighted by Gasteiger charge is 2.25. The fourth-order valence-corrected chi connectivity index (χ4v) is 1.45. The largest absolute Gasteiger partial charge is 0.481 e. The minimum absolute atomic E-state index is 0.227. The van der Waals surface area contributed by atoms with Crippen LogP contribution in [0.1, 0.15) is 27.2 Å². The topological polar surface area (TPSA) is 119 Å². The SMILES string of the molecule is CCN(C)C(=O)C(C)NC(=O)NCC(C)(O)CC(=O)O. The van der Waals surface area contributed by atoms with Crippen molar-refractivity contribution >= 4 is 17.9 Å². The van der Waals surface area contributed by atoms with Crippen LogP contribution < -0.4 is 10.6 Å². The molecule has 4 N–H and O–H groups in total. The molecular formula is C12H23N3O5. The quantitative estimate of drug-likeness (QED) is 0.498. The molecule has 0 aliphatic heterocycles. The number of rotatable bonds is 7. The van der Waals surface area contributed by atoms with Crippen LogP contribution in [-0.4, -0.2) is 64.8 Å². The van der Waals surface area contributed by atoms with E-state index in [1.807, 2.05) is 6.92 Å². The third-order valence-electron chi connectivity index (χ3n) is 2.73. The van der Waals surface area contributed by atoms with Crippen molar-refractivity contribution in [3.05, 3.63) is 0 Å². The van der Waals surface area contributed by atoms with Gasteiger partial charge in [0.1, 0.15) is 6.04 Å². The normalized spacial score (nSPS) is 14.8. The zero-order chi connectivity index (χ0) is 15.9. The van der Waals surface area contributed by atoms with E-state index in [0.717, 1.165) is 0 Å². The molecule has 0 aliphatic carbocycles. The standard InChI is InChI=1S/C12H23N3O5/c1-5-15(4)10(18)8(2)14-11(19)13-7-12(3,20)6-9(16)17/h8,20H,5-7H2,1-4H3,(H,16,17)(H2,13,14,19).